The van der Waals surface area contributed by atoms with Gasteiger partial charge in [0.05, 0.1) is 17.4 Å². The third-order valence-electron chi connectivity index (χ3n) is 9.18. The lowest BCUT2D eigenvalue weighted by molar-refractivity contribution is -0.0206. The second kappa shape index (κ2) is 12.3. The highest BCUT2D eigenvalue weighted by Crippen LogP contribution is 2.55. The van der Waals surface area contributed by atoms with Crippen molar-refractivity contribution in [3.63, 3.8) is 0 Å². The van der Waals surface area contributed by atoms with Crippen molar-refractivity contribution in [3.05, 3.63) is 30.1 Å². The van der Waals surface area contributed by atoms with Crippen LogP contribution in [0.2, 0.25) is 0 Å². The Morgan fingerprint density at radius 3 is 2.34 bits per heavy atom. The van der Waals surface area contributed by atoms with Gasteiger partial charge in [-0.25, -0.2) is 4.98 Å². The Morgan fingerprint density at radius 1 is 1.00 bits per heavy atom. The molecule has 2 unspecified atom stereocenters. The molecule has 2 aromatic heterocycles. The largest absolute Gasteiger partial charge is 0.393 e. The lowest BCUT2D eigenvalue weighted by Crippen LogP contribution is -2.58. The summed E-state index contributed by atoms with van der Waals surface area (Å²) in [5, 5.41) is 20.8. The van der Waals surface area contributed by atoms with E-state index in [0.29, 0.717) is 11.5 Å². The van der Waals surface area contributed by atoms with Crippen molar-refractivity contribution in [2.24, 2.45) is 17.8 Å². The molecule has 4 bridgehead atoms. The van der Waals surface area contributed by atoms with Gasteiger partial charge in [0.1, 0.15) is 5.82 Å². The van der Waals surface area contributed by atoms with E-state index in [-0.39, 0.29) is 12.1 Å². The minimum absolute atomic E-state index is 0.227. The molecule has 0 aliphatic heterocycles. The van der Waals surface area contributed by atoms with Crippen LogP contribution in [0.4, 0.5) is 11.8 Å². The normalized spacial score (nSPS) is 27.3. The molecule has 2 aromatic rings. The fraction of sp³-hybridized carbons (Fsp3) is 0.710. The van der Waals surface area contributed by atoms with Crippen LogP contribution in [0.3, 0.4) is 0 Å². The molecule has 4 saturated carbocycles. The number of rotatable bonds is 14. The predicted octanol–water partition coefficient (Wildman–Crippen LogP) is 6.16. The van der Waals surface area contributed by atoms with E-state index in [2.05, 4.69) is 46.9 Å². The number of pyridine rings is 1. The standard InChI is InChI=1S/C31H48N6O/c1-4-6-11-32-30-34-20-27(29(37-30)36-26(5-2)9-7-21(3)38)28-10-8-22(18-33-28)19-35-31-15-23-12-24(16-31)14-25(13-23)17-31/h8,10,18,20-21,23-26,35,38H,4-7,9,11-17,19H2,1-3H3,(H2,32,34,36,37). The molecule has 2 atom stereocenters. The third kappa shape index (κ3) is 6.66. The maximum absolute atomic E-state index is 9.80. The van der Waals surface area contributed by atoms with E-state index in [1.807, 2.05) is 19.3 Å². The Balaban J connectivity index is 1.28. The molecule has 4 N–H and O–H groups in total. The second-order valence-electron chi connectivity index (χ2n) is 12.5. The molecule has 0 saturated heterocycles. The van der Waals surface area contributed by atoms with Crippen LogP contribution in [0.15, 0.2) is 24.5 Å². The average molecular weight is 521 g/mol. The van der Waals surface area contributed by atoms with Crippen LogP contribution in [0.5, 0.6) is 0 Å². The summed E-state index contributed by atoms with van der Waals surface area (Å²) >= 11 is 0. The number of nitrogens with zero attached hydrogens (tertiary/aromatic N) is 3. The van der Waals surface area contributed by atoms with E-state index in [1.165, 1.54) is 44.1 Å². The van der Waals surface area contributed by atoms with Crippen LogP contribution in [0, 0.1) is 17.8 Å². The summed E-state index contributed by atoms with van der Waals surface area (Å²) in [7, 11) is 0. The molecule has 4 fully saturated rings. The Bertz CT molecular complexity index is 1000. The number of unbranched alkanes of at least 4 members (excludes halogenated alkanes) is 1. The van der Waals surface area contributed by atoms with Crippen molar-refractivity contribution < 1.29 is 5.11 Å². The molecule has 4 aliphatic carbocycles. The summed E-state index contributed by atoms with van der Waals surface area (Å²) in [5.74, 6) is 4.31. The average Bonchev–Trinajstić information content (AvgIpc) is 2.90. The first-order valence-corrected chi connectivity index (χ1v) is 15.2. The van der Waals surface area contributed by atoms with E-state index < -0.39 is 0 Å². The van der Waals surface area contributed by atoms with E-state index in [9.17, 15) is 5.11 Å². The van der Waals surface area contributed by atoms with E-state index in [4.69, 9.17) is 9.97 Å². The van der Waals surface area contributed by atoms with Crippen molar-refractivity contribution in [3.8, 4) is 11.3 Å². The fourth-order valence-electron chi connectivity index (χ4n) is 7.46. The van der Waals surface area contributed by atoms with Gasteiger partial charge in [-0.05, 0) is 101 Å². The predicted molar refractivity (Wildman–Crippen MR) is 155 cm³/mol. The SMILES string of the molecule is CCCCNc1ncc(-c2ccc(CNC34CC5CC(CC(C5)C3)C4)cn2)c(NC(CC)CCC(C)O)n1. The van der Waals surface area contributed by atoms with E-state index >= 15 is 0 Å². The van der Waals surface area contributed by atoms with E-state index in [0.717, 1.165) is 80.0 Å². The zero-order chi connectivity index (χ0) is 26.5. The van der Waals surface area contributed by atoms with Crippen LogP contribution in [-0.4, -0.2) is 44.3 Å². The summed E-state index contributed by atoms with van der Waals surface area (Å²) in [5.41, 5.74) is 3.40. The smallest absolute Gasteiger partial charge is 0.224 e. The zero-order valence-electron chi connectivity index (χ0n) is 23.7. The number of aliphatic hydroxyl groups excluding tert-OH is 1. The minimum atomic E-state index is -0.303. The van der Waals surface area contributed by atoms with Crippen LogP contribution >= 0.6 is 0 Å². The number of aliphatic hydroxyl groups is 1. The fourth-order valence-corrected chi connectivity index (χ4v) is 7.46. The Labute approximate surface area is 229 Å². The molecule has 38 heavy (non-hydrogen) atoms. The molecule has 0 aromatic carbocycles. The van der Waals surface area contributed by atoms with Gasteiger partial charge in [0.2, 0.25) is 5.95 Å². The molecule has 208 valence electrons. The minimum Gasteiger partial charge on any atom is -0.393 e. The highest BCUT2D eigenvalue weighted by atomic mass is 16.3. The summed E-state index contributed by atoms with van der Waals surface area (Å²) in [6, 6.07) is 4.55. The summed E-state index contributed by atoms with van der Waals surface area (Å²) in [4.78, 5) is 14.3. The first kappa shape index (κ1) is 27.3. The molecular weight excluding hydrogens is 472 g/mol. The van der Waals surface area contributed by atoms with E-state index in [1.54, 1.807) is 0 Å². The molecule has 0 radical (unpaired) electrons. The van der Waals surface area contributed by atoms with Gasteiger partial charge in [0.15, 0.2) is 0 Å². The molecule has 7 nitrogen and oxygen atoms in total. The van der Waals surface area contributed by atoms with Gasteiger partial charge in [-0.1, -0.05) is 26.3 Å². The molecule has 7 heteroatoms. The van der Waals surface area contributed by atoms with Crippen molar-refractivity contribution in [1.29, 1.82) is 0 Å². The lowest BCUT2D eigenvalue weighted by Gasteiger charge is -2.57. The van der Waals surface area contributed by atoms with Gasteiger partial charge < -0.3 is 21.1 Å². The van der Waals surface area contributed by atoms with Gasteiger partial charge >= 0.3 is 0 Å². The summed E-state index contributed by atoms with van der Waals surface area (Å²) in [6.07, 6.45) is 16.9. The van der Waals surface area contributed by atoms with Crippen molar-refractivity contribution in [1.82, 2.24) is 20.3 Å². The number of aromatic nitrogens is 3. The molecule has 6 rings (SSSR count). The van der Waals surface area contributed by atoms with Crippen LogP contribution in [0.25, 0.3) is 11.3 Å². The van der Waals surface area contributed by atoms with Gasteiger partial charge in [-0.2, -0.15) is 4.98 Å². The quantitative estimate of drug-likeness (QED) is 0.222. The number of hydrogen-bond donors (Lipinski definition) is 4. The molecular formula is C31H48N6O. The first-order chi connectivity index (χ1) is 18.4. The van der Waals surface area contributed by atoms with Crippen LogP contribution in [0.1, 0.15) is 97.0 Å². The lowest BCUT2D eigenvalue weighted by atomic mass is 9.53. The number of hydrogen-bond acceptors (Lipinski definition) is 7. The number of anilines is 2. The molecule has 4 aliphatic rings. The topological polar surface area (TPSA) is 95.0 Å². The Kier molecular flexibility index (Phi) is 8.84. The highest BCUT2D eigenvalue weighted by molar-refractivity contribution is 5.72. The van der Waals surface area contributed by atoms with Gasteiger partial charge in [0.25, 0.3) is 0 Å². The second-order valence-corrected chi connectivity index (χ2v) is 12.5. The summed E-state index contributed by atoms with van der Waals surface area (Å²) < 4.78 is 0. The Hall–Kier alpha value is -2.25. The van der Waals surface area contributed by atoms with Crippen molar-refractivity contribution >= 4 is 11.8 Å². The third-order valence-corrected chi connectivity index (χ3v) is 9.18. The van der Waals surface area contributed by atoms with Gasteiger partial charge in [-0.15, -0.1) is 0 Å². The zero-order valence-corrected chi connectivity index (χ0v) is 23.7. The van der Waals surface area contributed by atoms with Crippen molar-refractivity contribution in [2.75, 3.05) is 17.2 Å². The molecule has 2 heterocycles. The summed E-state index contributed by atoms with van der Waals surface area (Å²) in [6.45, 7) is 7.95. The first-order valence-electron chi connectivity index (χ1n) is 15.2. The van der Waals surface area contributed by atoms with Gasteiger partial charge in [-0.3, -0.25) is 4.98 Å². The van der Waals surface area contributed by atoms with Crippen molar-refractivity contribution in [2.45, 2.75) is 116 Å². The highest BCUT2D eigenvalue weighted by Gasteiger charge is 2.50. The van der Waals surface area contributed by atoms with Gasteiger partial charge in [0, 0.05) is 37.1 Å². The maximum atomic E-state index is 9.80. The van der Waals surface area contributed by atoms with Crippen LogP contribution in [-0.2, 0) is 6.54 Å². The van der Waals surface area contributed by atoms with Crippen LogP contribution < -0.4 is 16.0 Å². The Morgan fingerprint density at radius 2 is 1.74 bits per heavy atom. The molecule has 0 amide bonds. The maximum Gasteiger partial charge on any atom is 0.224 e. The number of nitrogens with one attached hydrogen (secondary N) is 3. The molecule has 0 spiro atoms. The monoisotopic (exact) mass is 520 g/mol.